The third-order valence-electron chi connectivity index (χ3n) is 2.02. The third kappa shape index (κ3) is 3.88. The van der Waals surface area contributed by atoms with E-state index >= 15 is 0 Å². The van der Waals surface area contributed by atoms with Gasteiger partial charge >= 0.3 is 12.0 Å². The second kappa shape index (κ2) is 6.81. The van der Waals surface area contributed by atoms with Crippen LogP contribution in [0.1, 0.15) is 26.2 Å². The maximum Gasteiger partial charge on any atom is 0.324 e. The average molecular weight is 226 g/mol. The zero-order valence-electron chi connectivity index (χ0n) is 9.99. The summed E-state index contributed by atoms with van der Waals surface area (Å²) in [6, 6.07) is 0.509. The van der Waals surface area contributed by atoms with Crippen molar-refractivity contribution in [3.63, 3.8) is 0 Å². The summed E-state index contributed by atoms with van der Waals surface area (Å²) in [6.45, 7) is 3.00. The van der Waals surface area contributed by atoms with Crippen LogP contribution in [0.15, 0.2) is 0 Å². The highest BCUT2D eigenvalue weighted by atomic mass is 16.5. The number of nitrogens with zero attached hydrogens (tertiary/aromatic N) is 3. The molecule has 0 atom stereocenters. The van der Waals surface area contributed by atoms with E-state index in [4.69, 9.17) is 9.47 Å². The molecule has 0 bridgehead atoms. The standard InChI is InChI=1S/C10H18N4O2/c1-4-5-6-7-11-8-12-9(15-2)14-10(13-8)16-3/h4-7H2,1-3H3,(H,11,12,13,14). The Morgan fingerprint density at radius 2 is 1.62 bits per heavy atom. The minimum Gasteiger partial charge on any atom is -0.467 e. The van der Waals surface area contributed by atoms with Crippen molar-refractivity contribution in [3.8, 4) is 12.0 Å². The average Bonchev–Trinajstić information content (AvgIpc) is 2.34. The van der Waals surface area contributed by atoms with Crippen LogP contribution >= 0.6 is 0 Å². The number of nitrogens with one attached hydrogen (secondary N) is 1. The van der Waals surface area contributed by atoms with E-state index in [1.54, 1.807) is 0 Å². The third-order valence-corrected chi connectivity index (χ3v) is 2.02. The molecular formula is C10H18N4O2. The molecule has 6 nitrogen and oxygen atoms in total. The molecule has 0 unspecified atom stereocenters. The summed E-state index contributed by atoms with van der Waals surface area (Å²) in [7, 11) is 3.02. The van der Waals surface area contributed by atoms with Gasteiger partial charge in [0.1, 0.15) is 0 Å². The van der Waals surface area contributed by atoms with E-state index in [0.717, 1.165) is 13.0 Å². The molecule has 0 aliphatic heterocycles. The van der Waals surface area contributed by atoms with E-state index in [2.05, 4.69) is 27.2 Å². The van der Waals surface area contributed by atoms with Gasteiger partial charge in [0.05, 0.1) is 14.2 Å². The fourth-order valence-electron chi connectivity index (χ4n) is 1.17. The van der Waals surface area contributed by atoms with Crippen LogP contribution in [0.25, 0.3) is 0 Å². The zero-order valence-corrected chi connectivity index (χ0v) is 9.99. The van der Waals surface area contributed by atoms with Gasteiger partial charge in [0, 0.05) is 6.54 Å². The molecule has 0 saturated heterocycles. The van der Waals surface area contributed by atoms with Crippen molar-refractivity contribution in [2.75, 3.05) is 26.1 Å². The first kappa shape index (κ1) is 12.5. The van der Waals surface area contributed by atoms with Gasteiger partial charge in [-0.05, 0) is 6.42 Å². The van der Waals surface area contributed by atoms with Crippen molar-refractivity contribution in [2.24, 2.45) is 0 Å². The van der Waals surface area contributed by atoms with E-state index in [1.165, 1.54) is 27.1 Å². The summed E-state index contributed by atoms with van der Waals surface area (Å²) < 4.78 is 9.89. The molecule has 0 radical (unpaired) electrons. The smallest absolute Gasteiger partial charge is 0.324 e. The quantitative estimate of drug-likeness (QED) is 0.710. The van der Waals surface area contributed by atoms with Crippen LogP contribution in [0.3, 0.4) is 0 Å². The van der Waals surface area contributed by atoms with Gasteiger partial charge in [-0.3, -0.25) is 0 Å². The fraction of sp³-hybridized carbons (Fsp3) is 0.700. The van der Waals surface area contributed by atoms with Crippen LogP contribution in [0.5, 0.6) is 12.0 Å². The Labute approximate surface area is 95.4 Å². The highest BCUT2D eigenvalue weighted by molar-refractivity contribution is 5.27. The second-order valence-electron chi connectivity index (χ2n) is 3.27. The molecule has 1 rings (SSSR count). The molecule has 0 aromatic carbocycles. The van der Waals surface area contributed by atoms with Gasteiger partial charge in [0.2, 0.25) is 5.95 Å². The Morgan fingerprint density at radius 1 is 1.00 bits per heavy atom. The summed E-state index contributed by atoms with van der Waals surface area (Å²) in [5, 5.41) is 3.11. The largest absolute Gasteiger partial charge is 0.467 e. The van der Waals surface area contributed by atoms with Crippen molar-refractivity contribution >= 4 is 5.95 Å². The van der Waals surface area contributed by atoms with Gasteiger partial charge in [-0.25, -0.2) is 0 Å². The van der Waals surface area contributed by atoms with Crippen LogP contribution < -0.4 is 14.8 Å². The number of methoxy groups -OCH3 is 2. The number of hydrogen-bond donors (Lipinski definition) is 1. The lowest BCUT2D eigenvalue weighted by molar-refractivity contribution is 0.341. The molecule has 0 saturated carbocycles. The fourth-order valence-corrected chi connectivity index (χ4v) is 1.17. The molecule has 0 aliphatic rings. The Bertz CT molecular complexity index is 297. The number of unbranched alkanes of at least 4 members (excludes halogenated alkanes) is 2. The molecule has 6 heteroatoms. The molecule has 0 amide bonds. The maximum absolute atomic E-state index is 4.94. The molecular weight excluding hydrogens is 208 g/mol. The maximum atomic E-state index is 4.94. The van der Waals surface area contributed by atoms with Crippen molar-refractivity contribution in [3.05, 3.63) is 0 Å². The first-order valence-corrected chi connectivity index (χ1v) is 5.38. The summed E-state index contributed by atoms with van der Waals surface area (Å²) in [4.78, 5) is 12.0. The van der Waals surface area contributed by atoms with E-state index in [0.29, 0.717) is 5.95 Å². The van der Waals surface area contributed by atoms with E-state index in [1.807, 2.05) is 0 Å². The van der Waals surface area contributed by atoms with Gasteiger partial charge in [-0.15, -0.1) is 4.98 Å². The number of hydrogen-bond acceptors (Lipinski definition) is 6. The number of anilines is 1. The highest BCUT2D eigenvalue weighted by Gasteiger charge is 2.05. The van der Waals surface area contributed by atoms with Gasteiger partial charge < -0.3 is 14.8 Å². The van der Waals surface area contributed by atoms with Gasteiger partial charge in [-0.2, -0.15) is 9.97 Å². The Hall–Kier alpha value is -1.59. The molecule has 0 spiro atoms. The van der Waals surface area contributed by atoms with Crippen molar-refractivity contribution < 1.29 is 9.47 Å². The van der Waals surface area contributed by atoms with E-state index < -0.39 is 0 Å². The van der Waals surface area contributed by atoms with Crippen LogP contribution in [0, 0.1) is 0 Å². The lowest BCUT2D eigenvalue weighted by Gasteiger charge is -2.06. The van der Waals surface area contributed by atoms with E-state index in [-0.39, 0.29) is 12.0 Å². The number of rotatable bonds is 7. The van der Waals surface area contributed by atoms with Crippen LogP contribution in [-0.2, 0) is 0 Å². The molecule has 1 aromatic rings. The Morgan fingerprint density at radius 3 is 2.12 bits per heavy atom. The summed E-state index contributed by atoms with van der Waals surface area (Å²) in [6.07, 6.45) is 3.46. The van der Waals surface area contributed by atoms with Gasteiger partial charge in [-0.1, -0.05) is 19.8 Å². The Kier molecular flexibility index (Phi) is 5.31. The first-order chi connectivity index (χ1) is 7.80. The minimum absolute atomic E-state index is 0.254. The molecule has 1 heterocycles. The SMILES string of the molecule is CCCCCNc1nc(OC)nc(OC)n1. The summed E-state index contributed by atoms with van der Waals surface area (Å²) in [5.74, 6) is 0.486. The normalized spacial score (nSPS) is 9.94. The predicted octanol–water partition coefficient (Wildman–Crippen LogP) is 1.49. The van der Waals surface area contributed by atoms with Gasteiger partial charge in [0.15, 0.2) is 0 Å². The summed E-state index contributed by atoms with van der Waals surface area (Å²) >= 11 is 0. The highest BCUT2D eigenvalue weighted by Crippen LogP contribution is 2.11. The lowest BCUT2D eigenvalue weighted by Crippen LogP contribution is -2.08. The van der Waals surface area contributed by atoms with Crippen LogP contribution in [0.4, 0.5) is 5.95 Å². The second-order valence-corrected chi connectivity index (χ2v) is 3.27. The van der Waals surface area contributed by atoms with Gasteiger partial charge in [0.25, 0.3) is 0 Å². The number of aromatic nitrogens is 3. The predicted molar refractivity (Wildman–Crippen MR) is 60.9 cm³/mol. The molecule has 0 aliphatic carbocycles. The minimum atomic E-state index is 0.254. The molecule has 1 aromatic heterocycles. The first-order valence-electron chi connectivity index (χ1n) is 5.38. The lowest BCUT2D eigenvalue weighted by atomic mass is 10.2. The zero-order chi connectivity index (χ0) is 11.8. The topological polar surface area (TPSA) is 69.2 Å². The molecule has 0 fully saturated rings. The molecule has 90 valence electrons. The summed E-state index contributed by atoms with van der Waals surface area (Å²) in [5.41, 5.74) is 0. The molecule has 16 heavy (non-hydrogen) atoms. The van der Waals surface area contributed by atoms with Crippen molar-refractivity contribution in [2.45, 2.75) is 26.2 Å². The van der Waals surface area contributed by atoms with Crippen molar-refractivity contribution in [1.29, 1.82) is 0 Å². The monoisotopic (exact) mass is 226 g/mol. The Balaban J connectivity index is 2.57. The number of ether oxygens (including phenoxy) is 2. The van der Waals surface area contributed by atoms with E-state index in [9.17, 15) is 0 Å². The van der Waals surface area contributed by atoms with Crippen LogP contribution in [-0.4, -0.2) is 35.7 Å². The van der Waals surface area contributed by atoms with Crippen LogP contribution in [0.2, 0.25) is 0 Å². The molecule has 1 N–H and O–H groups in total. The van der Waals surface area contributed by atoms with Crippen molar-refractivity contribution in [1.82, 2.24) is 15.0 Å².